The van der Waals surface area contributed by atoms with Gasteiger partial charge in [0, 0.05) is 52.4 Å². The lowest BCUT2D eigenvalue weighted by atomic mass is 9.83. The fourth-order valence-corrected chi connectivity index (χ4v) is 3.96. The zero-order valence-electron chi connectivity index (χ0n) is 16.0. The van der Waals surface area contributed by atoms with Crippen LogP contribution in [0.1, 0.15) is 52.4 Å². The number of nitrogens with zero attached hydrogens (tertiary/aromatic N) is 2. The fraction of sp³-hybridized carbons (Fsp3) is 0.947. The molecule has 2 aliphatic rings. The molecule has 1 saturated carbocycles. The molecular formula is C19H37N3O2. The predicted molar refractivity (Wildman–Crippen MR) is 99.5 cm³/mol. The Morgan fingerprint density at radius 1 is 1.33 bits per heavy atom. The van der Waals surface area contributed by atoms with Crippen molar-refractivity contribution in [2.75, 3.05) is 53.1 Å². The Morgan fingerprint density at radius 3 is 2.75 bits per heavy atom. The normalized spacial score (nSPS) is 23.6. The number of hydrogen-bond donors (Lipinski definition) is 1. The van der Waals surface area contributed by atoms with Crippen molar-refractivity contribution in [1.29, 1.82) is 0 Å². The standard InChI is InChI=1S/C19H37N3O2/c1-4-20-18(22(3)14-17-8-12-24-15-17)21-16-19(9-6-7-10-19)11-13-23-5-2/h17H,4-16H2,1-3H3,(H,20,21). The lowest BCUT2D eigenvalue weighted by Gasteiger charge is -2.29. The van der Waals surface area contributed by atoms with Gasteiger partial charge in [-0.1, -0.05) is 12.8 Å². The Kier molecular flexibility index (Phi) is 8.33. The zero-order chi connectivity index (χ0) is 17.3. The Hall–Kier alpha value is -0.810. The number of aliphatic imine (C=N–C) groups is 1. The van der Waals surface area contributed by atoms with Crippen LogP contribution in [0.15, 0.2) is 4.99 Å². The highest BCUT2D eigenvalue weighted by Crippen LogP contribution is 2.41. The average molecular weight is 340 g/mol. The lowest BCUT2D eigenvalue weighted by molar-refractivity contribution is 0.107. The smallest absolute Gasteiger partial charge is 0.193 e. The van der Waals surface area contributed by atoms with Crippen molar-refractivity contribution in [2.45, 2.75) is 52.4 Å². The number of nitrogens with one attached hydrogen (secondary N) is 1. The van der Waals surface area contributed by atoms with E-state index >= 15 is 0 Å². The second kappa shape index (κ2) is 10.2. The molecule has 1 unspecified atom stereocenters. The molecule has 24 heavy (non-hydrogen) atoms. The molecule has 0 aromatic carbocycles. The molecule has 0 radical (unpaired) electrons. The first-order chi connectivity index (χ1) is 11.7. The summed E-state index contributed by atoms with van der Waals surface area (Å²) in [5.74, 6) is 1.68. The second-order valence-corrected chi connectivity index (χ2v) is 7.43. The van der Waals surface area contributed by atoms with Gasteiger partial charge < -0.3 is 19.7 Å². The van der Waals surface area contributed by atoms with E-state index in [4.69, 9.17) is 14.5 Å². The van der Waals surface area contributed by atoms with Gasteiger partial charge in [-0.3, -0.25) is 4.99 Å². The third kappa shape index (κ3) is 5.92. The summed E-state index contributed by atoms with van der Waals surface area (Å²) >= 11 is 0. The van der Waals surface area contributed by atoms with E-state index in [9.17, 15) is 0 Å². The molecule has 1 aliphatic heterocycles. The van der Waals surface area contributed by atoms with Crippen molar-refractivity contribution in [1.82, 2.24) is 10.2 Å². The van der Waals surface area contributed by atoms with Gasteiger partial charge in [-0.05, 0) is 44.9 Å². The molecule has 1 heterocycles. The number of guanidine groups is 1. The largest absolute Gasteiger partial charge is 0.382 e. The van der Waals surface area contributed by atoms with Crippen LogP contribution in [0.25, 0.3) is 0 Å². The maximum Gasteiger partial charge on any atom is 0.193 e. The average Bonchev–Trinajstić information content (AvgIpc) is 3.24. The van der Waals surface area contributed by atoms with E-state index < -0.39 is 0 Å². The van der Waals surface area contributed by atoms with Crippen LogP contribution in [0.3, 0.4) is 0 Å². The molecule has 5 heteroatoms. The predicted octanol–water partition coefficient (Wildman–Crippen LogP) is 2.91. The number of ether oxygens (including phenoxy) is 2. The summed E-state index contributed by atoms with van der Waals surface area (Å²) in [6.45, 7) is 10.6. The van der Waals surface area contributed by atoms with E-state index in [2.05, 4.69) is 31.1 Å². The highest BCUT2D eigenvalue weighted by atomic mass is 16.5. The van der Waals surface area contributed by atoms with Gasteiger partial charge in [0.25, 0.3) is 0 Å². The van der Waals surface area contributed by atoms with Crippen molar-refractivity contribution in [3.05, 3.63) is 0 Å². The topological polar surface area (TPSA) is 46.1 Å². The van der Waals surface area contributed by atoms with Gasteiger partial charge in [-0.2, -0.15) is 0 Å². The molecule has 2 fully saturated rings. The van der Waals surface area contributed by atoms with Crippen LogP contribution in [0, 0.1) is 11.3 Å². The van der Waals surface area contributed by atoms with Gasteiger partial charge in [0.1, 0.15) is 0 Å². The molecule has 1 atom stereocenters. The highest BCUT2D eigenvalue weighted by Gasteiger charge is 2.33. The van der Waals surface area contributed by atoms with Gasteiger partial charge in [0.05, 0.1) is 6.61 Å². The van der Waals surface area contributed by atoms with Gasteiger partial charge in [0.2, 0.25) is 0 Å². The summed E-state index contributed by atoms with van der Waals surface area (Å²) in [5, 5.41) is 3.47. The van der Waals surface area contributed by atoms with Crippen LogP contribution in [0.2, 0.25) is 0 Å². The summed E-state index contributed by atoms with van der Waals surface area (Å²) in [6.07, 6.45) is 7.58. The SMILES string of the molecule is CCNC(=NCC1(CCOCC)CCCC1)N(C)CC1CCOC1. The molecule has 5 nitrogen and oxygen atoms in total. The van der Waals surface area contributed by atoms with Crippen LogP contribution in [0.5, 0.6) is 0 Å². The summed E-state index contributed by atoms with van der Waals surface area (Å²) in [7, 11) is 2.15. The molecule has 0 spiro atoms. The molecule has 1 N–H and O–H groups in total. The summed E-state index contributed by atoms with van der Waals surface area (Å²) in [5.41, 5.74) is 0.354. The quantitative estimate of drug-likeness (QED) is 0.399. The van der Waals surface area contributed by atoms with E-state index in [-0.39, 0.29) is 0 Å². The zero-order valence-corrected chi connectivity index (χ0v) is 16.0. The van der Waals surface area contributed by atoms with Crippen molar-refractivity contribution < 1.29 is 9.47 Å². The van der Waals surface area contributed by atoms with E-state index in [1.807, 2.05) is 0 Å². The third-order valence-corrected chi connectivity index (χ3v) is 5.46. The molecule has 0 amide bonds. The summed E-state index contributed by atoms with van der Waals surface area (Å²) < 4.78 is 11.1. The second-order valence-electron chi connectivity index (χ2n) is 7.43. The maximum atomic E-state index is 5.62. The van der Waals surface area contributed by atoms with Crippen LogP contribution >= 0.6 is 0 Å². The van der Waals surface area contributed by atoms with Crippen molar-refractivity contribution >= 4 is 5.96 Å². The maximum absolute atomic E-state index is 5.62. The lowest BCUT2D eigenvalue weighted by Crippen LogP contribution is -2.42. The van der Waals surface area contributed by atoms with Crippen molar-refractivity contribution in [3.63, 3.8) is 0 Å². The Morgan fingerprint density at radius 2 is 2.12 bits per heavy atom. The van der Waals surface area contributed by atoms with Gasteiger partial charge in [-0.15, -0.1) is 0 Å². The number of hydrogen-bond acceptors (Lipinski definition) is 3. The fourth-order valence-electron chi connectivity index (χ4n) is 3.96. The van der Waals surface area contributed by atoms with Crippen LogP contribution in [0.4, 0.5) is 0 Å². The van der Waals surface area contributed by atoms with Crippen LogP contribution in [-0.4, -0.2) is 64.0 Å². The molecule has 140 valence electrons. The van der Waals surface area contributed by atoms with E-state index in [1.54, 1.807) is 0 Å². The van der Waals surface area contributed by atoms with Gasteiger partial charge in [-0.25, -0.2) is 0 Å². The van der Waals surface area contributed by atoms with Crippen molar-refractivity contribution in [3.8, 4) is 0 Å². The Labute approximate surface area is 148 Å². The Bertz CT molecular complexity index is 375. The van der Waals surface area contributed by atoms with Crippen LogP contribution < -0.4 is 5.32 Å². The molecular weight excluding hydrogens is 302 g/mol. The van der Waals surface area contributed by atoms with Gasteiger partial charge >= 0.3 is 0 Å². The highest BCUT2D eigenvalue weighted by molar-refractivity contribution is 5.79. The molecule has 0 aromatic rings. The minimum absolute atomic E-state index is 0.354. The first-order valence-electron chi connectivity index (χ1n) is 9.84. The molecule has 1 aliphatic carbocycles. The first-order valence-corrected chi connectivity index (χ1v) is 9.84. The van der Waals surface area contributed by atoms with E-state index in [1.165, 1.54) is 32.1 Å². The molecule has 0 aromatic heterocycles. The van der Waals surface area contributed by atoms with E-state index in [0.29, 0.717) is 11.3 Å². The molecule has 0 bridgehead atoms. The minimum Gasteiger partial charge on any atom is -0.382 e. The Balaban J connectivity index is 1.93. The molecule has 2 rings (SSSR count). The van der Waals surface area contributed by atoms with Crippen LogP contribution in [-0.2, 0) is 9.47 Å². The molecule has 1 saturated heterocycles. The summed E-state index contributed by atoms with van der Waals surface area (Å²) in [4.78, 5) is 7.31. The van der Waals surface area contributed by atoms with Gasteiger partial charge in [0.15, 0.2) is 5.96 Å². The first kappa shape index (κ1) is 19.5. The van der Waals surface area contributed by atoms with E-state index in [0.717, 1.165) is 58.4 Å². The monoisotopic (exact) mass is 339 g/mol. The summed E-state index contributed by atoms with van der Waals surface area (Å²) in [6, 6.07) is 0. The van der Waals surface area contributed by atoms with Crippen molar-refractivity contribution in [2.24, 2.45) is 16.3 Å². The minimum atomic E-state index is 0.354. The third-order valence-electron chi connectivity index (χ3n) is 5.46. The number of rotatable bonds is 9.